The number of rotatable bonds is 6. The molecular formula is C19H16BrN3O4S. The van der Waals surface area contributed by atoms with Crippen LogP contribution in [0.5, 0.6) is 0 Å². The Hall–Kier alpha value is -2.91. The van der Waals surface area contributed by atoms with Crippen molar-refractivity contribution in [3.8, 4) is 0 Å². The van der Waals surface area contributed by atoms with Gasteiger partial charge in [-0.2, -0.15) is 0 Å². The number of carbonyl (C=O) groups excluding carboxylic acids is 1. The molecule has 0 radical (unpaired) electrons. The van der Waals surface area contributed by atoms with E-state index in [-0.39, 0.29) is 28.4 Å². The molecule has 1 heterocycles. The number of benzene rings is 2. The molecule has 9 heteroatoms. The minimum atomic E-state index is -3.81. The standard InChI is InChI=1S/C19H16BrN3O4S/c20-14-10-11-19(25)23(12-14)13-18(24)21-16-8-4-5-9-17(16)22-28(26,27)15-6-2-1-3-7-15/h1-12,22H,13H2,(H,21,24). The summed E-state index contributed by atoms with van der Waals surface area (Å²) in [6, 6.07) is 17.3. The Morgan fingerprint density at radius 2 is 1.57 bits per heavy atom. The van der Waals surface area contributed by atoms with Crippen LogP contribution in [-0.2, 0) is 21.4 Å². The second-order valence-corrected chi connectivity index (χ2v) is 8.42. The van der Waals surface area contributed by atoms with Crippen LogP contribution in [0.15, 0.2) is 87.1 Å². The highest BCUT2D eigenvalue weighted by molar-refractivity contribution is 9.10. The lowest BCUT2D eigenvalue weighted by atomic mass is 10.2. The Balaban J connectivity index is 1.80. The van der Waals surface area contributed by atoms with Gasteiger partial charge < -0.3 is 9.88 Å². The largest absolute Gasteiger partial charge is 0.323 e. The number of halogens is 1. The number of carbonyl (C=O) groups is 1. The van der Waals surface area contributed by atoms with Crippen molar-refractivity contribution in [3.05, 3.63) is 87.8 Å². The van der Waals surface area contributed by atoms with Gasteiger partial charge in [0, 0.05) is 16.7 Å². The van der Waals surface area contributed by atoms with Crippen molar-refractivity contribution in [1.29, 1.82) is 0 Å². The van der Waals surface area contributed by atoms with E-state index in [1.54, 1.807) is 48.5 Å². The Morgan fingerprint density at radius 1 is 0.929 bits per heavy atom. The first kappa shape index (κ1) is 19.8. The molecule has 28 heavy (non-hydrogen) atoms. The average molecular weight is 462 g/mol. The van der Waals surface area contributed by atoms with Gasteiger partial charge in [-0.05, 0) is 46.3 Å². The number of aromatic nitrogens is 1. The Kier molecular flexibility index (Phi) is 5.96. The maximum atomic E-state index is 12.5. The lowest BCUT2D eigenvalue weighted by molar-refractivity contribution is -0.116. The molecular weight excluding hydrogens is 446 g/mol. The summed E-state index contributed by atoms with van der Waals surface area (Å²) < 4.78 is 29.5. The quantitative estimate of drug-likeness (QED) is 0.589. The predicted molar refractivity (Wildman–Crippen MR) is 111 cm³/mol. The van der Waals surface area contributed by atoms with Crippen LogP contribution in [0.25, 0.3) is 0 Å². The Labute approximate surface area is 170 Å². The number of hydrogen-bond acceptors (Lipinski definition) is 4. The average Bonchev–Trinajstić information content (AvgIpc) is 2.67. The summed E-state index contributed by atoms with van der Waals surface area (Å²) in [6.45, 7) is -0.210. The second kappa shape index (κ2) is 8.41. The van der Waals surface area contributed by atoms with Gasteiger partial charge in [0.05, 0.1) is 16.3 Å². The zero-order chi connectivity index (χ0) is 20.1. The third-order valence-electron chi connectivity index (χ3n) is 3.76. The summed E-state index contributed by atoms with van der Waals surface area (Å²) >= 11 is 3.25. The van der Waals surface area contributed by atoms with Gasteiger partial charge in [0.25, 0.3) is 15.6 Å². The summed E-state index contributed by atoms with van der Waals surface area (Å²) in [5, 5.41) is 2.64. The number of anilines is 2. The van der Waals surface area contributed by atoms with E-state index in [1.807, 2.05) is 0 Å². The minimum Gasteiger partial charge on any atom is -0.323 e. The lowest BCUT2D eigenvalue weighted by Gasteiger charge is -2.14. The SMILES string of the molecule is O=C(Cn1cc(Br)ccc1=O)Nc1ccccc1NS(=O)(=O)c1ccccc1. The van der Waals surface area contributed by atoms with E-state index in [0.29, 0.717) is 4.47 Å². The number of hydrogen-bond donors (Lipinski definition) is 2. The fourth-order valence-electron chi connectivity index (χ4n) is 2.45. The first-order valence-electron chi connectivity index (χ1n) is 8.18. The molecule has 0 bridgehead atoms. The van der Waals surface area contributed by atoms with E-state index in [4.69, 9.17) is 0 Å². The van der Waals surface area contributed by atoms with Crippen molar-refractivity contribution in [3.63, 3.8) is 0 Å². The molecule has 3 rings (SSSR count). The second-order valence-electron chi connectivity index (χ2n) is 5.83. The minimum absolute atomic E-state index is 0.108. The van der Waals surface area contributed by atoms with Gasteiger partial charge in [0.1, 0.15) is 6.54 Å². The number of pyridine rings is 1. The highest BCUT2D eigenvalue weighted by Crippen LogP contribution is 2.24. The first-order valence-corrected chi connectivity index (χ1v) is 10.5. The Bertz CT molecular complexity index is 1160. The monoisotopic (exact) mass is 461 g/mol. The maximum Gasteiger partial charge on any atom is 0.261 e. The zero-order valence-corrected chi connectivity index (χ0v) is 16.9. The lowest BCUT2D eigenvalue weighted by Crippen LogP contribution is -2.27. The van der Waals surface area contributed by atoms with Crippen LogP contribution in [0.4, 0.5) is 11.4 Å². The van der Waals surface area contributed by atoms with Gasteiger partial charge in [-0.1, -0.05) is 30.3 Å². The van der Waals surface area contributed by atoms with Crippen LogP contribution in [0.3, 0.4) is 0 Å². The van der Waals surface area contributed by atoms with Gasteiger partial charge in [0.15, 0.2) is 0 Å². The maximum absolute atomic E-state index is 12.5. The molecule has 7 nitrogen and oxygen atoms in total. The van der Waals surface area contributed by atoms with Crippen molar-refractivity contribution in [2.24, 2.45) is 0 Å². The third kappa shape index (κ3) is 4.87. The van der Waals surface area contributed by atoms with Crippen molar-refractivity contribution in [2.45, 2.75) is 11.4 Å². The molecule has 0 aliphatic carbocycles. The van der Waals surface area contributed by atoms with E-state index in [9.17, 15) is 18.0 Å². The van der Waals surface area contributed by atoms with Crippen molar-refractivity contribution >= 4 is 43.2 Å². The molecule has 0 saturated carbocycles. The smallest absolute Gasteiger partial charge is 0.261 e. The summed E-state index contributed by atoms with van der Waals surface area (Å²) in [4.78, 5) is 24.3. The summed E-state index contributed by atoms with van der Waals surface area (Å²) in [6.07, 6.45) is 1.51. The van der Waals surface area contributed by atoms with E-state index in [1.165, 1.54) is 29.0 Å². The molecule has 0 saturated heterocycles. The third-order valence-corrected chi connectivity index (χ3v) is 5.61. The highest BCUT2D eigenvalue weighted by atomic mass is 79.9. The number of amides is 1. The Morgan fingerprint density at radius 3 is 2.29 bits per heavy atom. The fraction of sp³-hybridized carbons (Fsp3) is 0.0526. The molecule has 2 aromatic carbocycles. The summed E-state index contributed by atoms with van der Waals surface area (Å²) in [5.41, 5.74) is 0.188. The van der Waals surface area contributed by atoms with E-state index in [0.717, 1.165) is 0 Å². The first-order chi connectivity index (χ1) is 13.3. The van der Waals surface area contributed by atoms with Crippen molar-refractivity contribution in [1.82, 2.24) is 4.57 Å². The highest BCUT2D eigenvalue weighted by Gasteiger charge is 2.16. The zero-order valence-electron chi connectivity index (χ0n) is 14.5. The van der Waals surface area contributed by atoms with E-state index < -0.39 is 15.9 Å². The molecule has 0 fully saturated rings. The van der Waals surface area contributed by atoms with Crippen molar-refractivity contribution in [2.75, 3.05) is 10.0 Å². The van der Waals surface area contributed by atoms with Gasteiger partial charge in [0.2, 0.25) is 5.91 Å². The molecule has 0 atom stereocenters. The molecule has 0 unspecified atom stereocenters. The van der Waals surface area contributed by atoms with Gasteiger partial charge in [-0.3, -0.25) is 14.3 Å². The van der Waals surface area contributed by atoms with Gasteiger partial charge in [-0.25, -0.2) is 8.42 Å². The number of para-hydroxylation sites is 2. The van der Waals surface area contributed by atoms with Gasteiger partial charge >= 0.3 is 0 Å². The normalized spacial score (nSPS) is 11.0. The van der Waals surface area contributed by atoms with Crippen LogP contribution in [0, 0.1) is 0 Å². The molecule has 1 aromatic heterocycles. The molecule has 0 spiro atoms. The molecule has 144 valence electrons. The molecule has 1 amide bonds. The van der Waals surface area contributed by atoms with Crippen LogP contribution in [-0.4, -0.2) is 18.9 Å². The molecule has 2 N–H and O–H groups in total. The van der Waals surface area contributed by atoms with E-state index in [2.05, 4.69) is 26.0 Å². The van der Waals surface area contributed by atoms with Crippen molar-refractivity contribution < 1.29 is 13.2 Å². The van der Waals surface area contributed by atoms with E-state index >= 15 is 0 Å². The van der Waals surface area contributed by atoms with Crippen LogP contribution in [0.2, 0.25) is 0 Å². The molecule has 3 aromatic rings. The van der Waals surface area contributed by atoms with Crippen LogP contribution in [0.1, 0.15) is 0 Å². The number of nitrogens with zero attached hydrogens (tertiary/aromatic N) is 1. The van der Waals surface area contributed by atoms with Crippen LogP contribution < -0.4 is 15.6 Å². The van der Waals surface area contributed by atoms with Crippen LogP contribution >= 0.6 is 15.9 Å². The summed E-state index contributed by atoms with van der Waals surface area (Å²) in [7, 11) is -3.81. The topological polar surface area (TPSA) is 97.3 Å². The fourth-order valence-corrected chi connectivity index (χ4v) is 3.93. The molecule has 0 aliphatic rings. The number of nitrogens with one attached hydrogen (secondary N) is 2. The molecule has 0 aliphatic heterocycles. The van der Waals surface area contributed by atoms with Gasteiger partial charge in [-0.15, -0.1) is 0 Å². The predicted octanol–water partition coefficient (Wildman–Crippen LogP) is 3.05. The number of sulfonamides is 1. The summed E-state index contributed by atoms with van der Waals surface area (Å²) in [5.74, 6) is -0.466.